The quantitative estimate of drug-likeness (QED) is 0.606. The second kappa shape index (κ2) is 9.13. The van der Waals surface area contributed by atoms with Crippen molar-refractivity contribution in [1.29, 1.82) is 0 Å². The number of piperazine rings is 1. The Morgan fingerprint density at radius 3 is 2.52 bits per heavy atom. The van der Waals surface area contributed by atoms with Crippen LogP contribution < -0.4 is 10.2 Å². The number of rotatable bonds is 5. The van der Waals surface area contributed by atoms with Gasteiger partial charge in [-0.2, -0.15) is 0 Å². The maximum atomic E-state index is 12.4. The fourth-order valence-electron chi connectivity index (χ4n) is 3.28. The number of carbonyl (C=O) groups excluding carboxylic acids is 1. The van der Waals surface area contributed by atoms with Crippen molar-refractivity contribution in [3.05, 3.63) is 64.0 Å². The summed E-state index contributed by atoms with van der Waals surface area (Å²) in [5.41, 5.74) is 2.98. The number of thiazole rings is 1. The summed E-state index contributed by atoms with van der Waals surface area (Å²) in [7, 11) is 0. The topological polar surface area (TPSA) is 48.5 Å². The van der Waals surface area contributed by atoms with Crippen LogP contribution in [0.2, 0.25) is 10.0 Å². The molecule has 0 spiro atoms. The molecule has 0 radical (unpaired) electrons. The molecule has 5 nitrogen and oxygen atoms in total. The summed E-state index contributed by atoms with van der Waals surface area (Å²) in [6.45, 7) is 3.64. The molecule has 1 saturated heterocycles. The molecule has 1 aliphatic rings. The van der Waals surface area contributed by atoms with E-state index in [-0.39, 0.29) is 5.91 Å². The number of carbonyl (C=O) groups is 1. The molecule has 0 unspecified atom stereocenters. The molecule has 4 rings (SSSR count). The molecule has 1 N–H and O–H groups in total. The number of benzene rings is 2. The van der Waals surface area contributed by atoms with Gasteiger partial charge in [-0.1, -0.05) is 53.5 Å². The van der Waals surface area contributed by atoms with E-state index in [0.717, 1.165) is 43.1 Å². The summed E-state index contributed by atoms with van der Waals surface area (Å²) in [6.07, 6.45) is 0. The Bertz CT molecular complexity index is 987. The normalized spacial score (nSPS) is 14.8. The third-order valence-corrected chi connectivity index (χ3v) is 6.32. The summed E-state index contributed by atoms with van der Waals surface area (Å²) in [4.78, 5) is 21.3. The van der Waals surface area contributed by atoms with Gasteiger partial charge in [-0.25, -0.2) is 4.98 Å². The second-order valence-corrected chi connectivity index (χ2v) is 8.49. The summed E-state index contributed by atoms with van der Waals surface area (Å²) in [6, 6.07) is 15.6. The van der Waals surface area contributed by atoms with Crippen LogP contribution in [0, 0.1) is 0 Å². The van der Waals surface area contributed by atoms with Gasteiger partial charge in [0.25, 0.3) is 0 Å². The minimum atomic E-state index is -0.0399. The average Bonchev–Trinajstić information content (AvgIpc) is 3.20. The molecule has 8 heteroatoms. The van der Waals surface area contributed by atoms with E-state index in [2.05, 4.69) is 20.1 Å². The summed E-state index contributed by atoms with van der Waals surface area (Å²) in [5.74, 6) is -0.0399. The van der Waals surface area contributed by atoms with Crippen LogP contribution in [-0.4, -0.2) is 48.5 Å². The van der Waals surface area contributed by atoms with Gasteiger partial charge in [0, 0.05) is 42.8 Å². The molecule has 1 fully saturated rings. The highest BCUT2D eigenvalue weighted by Gasteiger charge is 2.20. The number of nitrogens with zero attached hydrogens (tertiary/aromatic N) is 3. The number of hydrogen-bond donors (Lipinski definition) is 1. The lowest BCUT2D eigenvalue weighted by molar-refractivity contribution is -0.117. The first kappa shape index (κ1) is 20.2. The van der Waals surface area contributed by atoms with Crippen molar-refractivity contribution < 1.29 is 4.79 Å². The molecule has 3 aromatic rings. The fourth-order valence-corrected chi connectivity index (χ4v) is 4.31. The number of halogens is 2. The lowest BCUT2D eigenvalue weighted by atomic mass is 10.2. The Morgan fingerprint density at radius 1 is 1.03 bits per heavy atom. The highest BCUT2D eigenvalue weighted by molar-refractivity contribution is 7.14. The van der Waals surface area contributed by atoms with Gasteiger partial charge in [-0.05, 0) is 18.2 Å². The van der Waals surface area contributed by atoms with Gasteiger partial charge in [0.1, 0.15) is 0 Å². The molecule has 0 aliphatic carbocycles. The van der Waals surface area contributed by atoms with E-state index in [1.165, 1.54) is 11.3 Å². The molecular weight excluding hydrogens is 427 g/mol. The lowest BCUT2D eigenvalue weighted by Gasteiger charge is -2.35. The zero-order valence-corrected chi connectivity index (χ0v) is 18.0. The first-order valence-corrected chi connectivity index (χ1v) is 11.0. The number of hydrogen-bond acceptors (Lipinski definition) is 5. The predicted octanol–water partition coefficient (Wildman–Crippen LogP) is 4.88. The molecule has 0 atom stereocenters. The Morgan fingerprint density at radius 2 is 1.79 bits per heavy atom. The third-order valence-electron chi connectivity index (χ3n) is 4.83. The smallest absolute Gasteiger partial charge is 0.240 e. The largest absolute Gasteiger partial charge is 0.369 e. The van der Waals surface area contributed by atoms with Gasteiger partial charge in [0.15, 0.2) is 5.13 Å². The number of anilines is 2. The van der Waals surface area contributed by atoms with Gasteiger partial charge in [-0.15, -0.1) is 11.3 Å². The van der Waals surface area contributed by atoms with Gasteiger partial charge >= 0.3 is 0 Å². The van der Waals surface area contributed by atoms with Crippen LogP contribution in [0.3, 0.4) is 0 Å². The Kier molecular flexibility index (Phi) is 6.35. The Hall–Kier alpha value is -2.12. The van der Waals surface area contributed by atoms with E-state index in [4.69, 9.17) is 23.2 Å². The molecule has 29 heavy (non-hydrogen) atoms. The SMILES string of the molecule is O=C(CN1CCN(c2ccc(Cl)c(Cl)c2)CC1)Nc1nc(-c2ccccc2)cs1. The minimum Gasteiger partial charge on any atom is -0.369 e. The molecular formula is C21H20Cl2N4OS. The van der Waals surface area contributed by atoms with Gasteiger partial charge in [0.05, 0.1) is 22.3 Å². The second-order valence-electron chi connectivity index (χ2n) is 6.81. The number of amides is 1. The van der Waals surface area contributed by atoms with Crippen LogP contribution in [0.15, 0.2) is 53.9 Å². The summed E-state index contributed by atoms with van der Waals surface area (Å²) >= 11 is 13.6. The zero-order chi connectivity index (χ0) is 20.2. The van der Waals surface area contributed by atoms with E-state index in [1.54, 1.807) is 0 Å². The van der Waals surface area contributed by atoms with Crippen LogP contribution in [0.5, 0.6) is 0 Å². The fraction of sp³-hybridized carbons (Fsp3) is 0.238. The highest BCUT2D eigenvalue weighted by atomic mass is 35.5. The minimum absolute atomic E-state index is 0.0399. The molecule has 1 aromatic heterocycles. The van der Waals surface area contributed by atoms with Crippen LogP contribution >= 0.6 is 34.5 Å². The number of nitrogens with one attached hydrogen (secondary N) is 1. The molecule has 1 aliphatic heterocycles. The summed E-state index contributed by atoms with van der Waals surface area (Å²) < 4.78 is 0. The van der Waals surface area contributed by atoms with Crippen molar-refractivity contribution in [3.63, 3.8) is 0 Å². The van der Waals surface area contributed by atoms with Crippen LogP contribution in [0.25, 0.3) is 11.3 Å². The monoisotopic (exact) mass is 446 g/mol. The Balaban J connectivity index is 1.28. The van der Waals surface area contributed by atoms with E-state index in [9.17, 15) is 4.79 Å². The maximum Gasteiger partial charge on any atom is 0.240 e. The third kappa shape index (κ3) is 5.08. The van der Waals surface area contributed by atoms with Crippen molar-refractivity contribution in [2.45, 2.75) is 0 Å². The molecule has 0 bridgehead atoms. The van der Waals surface area contributed by atoms with Gasteiger partial charge in [0.2, 0.25) is 5.91 Å². The van der Waals surface area contributed by atoms with Crippen molar-refractivity contribution in [2.75, 3.05) is 42.9 Å². The molecule has 1 amide bonds. The van der Waals surface area contributed by atoms with E-state index in [1.807, 2.05) is 53.9 Å². The first-order chi connectivity index (χ1) is 14.1. The highest BCUT2D eigenvalue weighted by Crippen LogP contribution is 2.28. The molecule has 150 valence electrons. The summed E-state index contributed by atoms with van der Waals surface area (Å²) in [5, 5.41) is 6.62. The molecule has 0 saturated carbocycles. The van der Waals surface area contributed by atoms with Gasteiger partial charge < -0.3 is 10.2 Å². The zero-order valence-electron chi connectivity index (χ0n) is 15.6. The van der Waals surface area contributed by atoms with Crippen LogP contribution in [0.1, 0.15) is 0 Å². The van der Waals surface area contributed by atoms with Crippen LogP contribution in [-0.2, 0) is 4.79 Å². The van der Waals surface area contributed by atoms with Crippen molar-refractivity contribution in [2.24, 2.45) is 0 Å². The van der Waals surface area contributed by atoms with E-state index in [0.29, 0.717) is 21.7 Å². The van der Waals surface area contributed by atoms with E-state index < -0.39 is 0 Å². The first-order valence-electron chi connectivity index (χ1n) is 9.31. The average molecular weight is 447 g/mol. The van der Waals surface area contributed by atoms with Crippen molar-refractivity contribution in [3.8, 4) is 11.3 Å². The lowest BCUT2D eigenvalue weighted by Crippen LogP contribution is -2.48. The number of aromatic nitrogens is 1. The van der Waals surface area contributed by atoms with Crippen LogP contribution in [0.4, 0.5) is 10.8 Å². The van der Waals surface area contributed by atoms with Crippen molar-refractivity contribution in [1.82, 2.24) is 9.88 Å². The standard InChI is InChI=1S/C21H20Cl2N4OS/c22-17-7-6-16(12-18(17)23)27-10-8-26(9-11-27)13-20(28)25-21-24-19(14-29-21)15-4-2-1-3-5-15/h1-7,12,14H,8-11,13H2,(H,24,25,28). The molecule has 2 heterocycles. The maximum absolute atomic E-state index is 12.4. The Labute approximate surface area is 183 Å². The van der Waals surface area contributed by atoms with E-state index >= 15 is 0 Å². The predicted molar refractivity (Wildman–Crippen MR) is 121 cm³/mol. The molecule has 2 aromatic carbocycles. The van der Waals surface area contributed by atoms with Crippen molar-refractivity contribution >= 4 is 51.3 Å². The van der Waals surface area contributed by atoms with Gasteiger partial charge in [-0.3, -0.25) is 9.69 Å².